The molecule has 2 heterocycles. The van der Waals surface area contributed by atoms with Crippen LogP contribution in [0.5, 0.6) is 0 Å². The van der Waals surface area contributed by atoms with Gasteiger partial charge in [-0.1, -0.05) is 13.8 Å². The van der Waals surface area contributed by atoms with Gasteiger partial charge in [-0.25, -0.2) is 0 Å². The van der Waals surface area contributed by atoms with E-state index in [9.17, 15) is 8.42 Å². The first-order valence-electron chi connectivity index (χ1n) is 8.00. The predicted octanol–water partition coefficient (Wildman–Crippen LogP) is 1.28. The largest absolute Gasteiger partial charge is 0.316 e. The Hall–Kier alpha value is -0.170. The topological polar surface area (TPSA) is 52.7 Å². The zero-order chi connectivity index (χ0) is 14.6. The summed E-state index contributed by atoms with van der Waals surface area (Å²) in [5.74, 6) is 0.939. The van der Waals surface area contributed by atoms with Crippen LogP contribution in [0.15, 0.2) is 0 Å². The number of nitrogens with zero attached hydrogens (tertiary/aromatic N) is 2. The molecule has 0 aromatic carbocycles. The Bertz CT molecular complexity index is 393. The number of rotatable bonds is 5. The highest BCUT2D eigenvalue weighted by Gasteiger charge is 2.33. The first kappa shape index (κ1) is 16.2. The maximum Gasteiger partial charge on any atom is 0.281 e. The van der Waals surface area contributed by atoms with Gasteiger partial charge in [0.25, 0.3) is 10.2 Å². The Morgan fingerprint density at radius 3 is 2.70 bits per heavy atom. The third-order valence-corrected chi connectivity index (χ3v) is 6.53. The van der Waals surface area contributed by atoms with Crippen molar-refractivity contribution in [2.24, 2.45) is 11.8 Å². The van der Waals surface area contributed by atoms with Gasteiger partial charge in [0.15, 0.2) is 0 Å². The highest BCUT2D eigenvalue weighted by molar-refractivity contribution is 7.86. The molecule has 6 heteroatoms. The van der Waals surface area contributed by atoms with E-state index in [1.165, 1.54) is 0 Å². The van der Waals surface area contributed by atoms with Crippen LogP contribution in [0.1, 0.15) is 39.5 Å². The monoisotopic (exact) mass is 303 g/mol. The lowest BCUT2D eigenvalue weighted by molar-refractivity contribution is 0.242. The van der Waals surface area contributed by atoms with E-state index in [2.05, 4.69) is 12.2 Å². The van der Waals surface area contributed by atoms with E-state index in [1.54, 1.807) is 8.61 Å². The summed E-state index contributed by atoms with van der Waals surface area (Å²) < 4.78 is 28.9. The van der Waals surface area contributed by atoms with E-state index < -0.39 is 10.2 Å². The molecular weight excluding hydrogens is 274 g/mol. The average Bonchev–Trinajstić information content (AvgIpc) is 2.45. The van der Waals surface area contributed by atoms with E-state index in [0.717, 1.165) is 38.8 Å². The summed E-state index contributed by atoms with van der Waals surface area (Å²) in [4.78, 5) is 0. The highest BCUT2D eigenvalue weighted by Crippen LogP contribution is 2.22. The predicted molar refractivity (Wildman–Crippen MR) is 81.7 cm³/mol. The van der Waals surface area contributed by atoms with Crippen molar-refractivity contribution in [1.82, 2.24) is 13.9 Å². The minimum atomic E-state index is -3.27. The summed E-state index contributed by atoms with van der Waals surface area (Å²) in [5.41, 5.74) is 0. The number of hydrogen-bond acceptors (Lipinski definition) is 3. The van der Waals surface area contributed by atoms with Gasteiger partial charge in [0, 0.05) is 26.2 Å². The molecule has 2 atom stereocenters. The molecular formula is C14H29N3O2S. The molecule has 0 bridgehead atoms. The Kier molecular flexibility index (Phi) is 5.84. The molecule has 2 unspecified atom stereocenters. The van der Waals surface area contributed by atoms with Crippen LogP contribution in [0, 0.1) is 11.8 Å². The third-order valence-electron chi connectivity index (χ3n) is 4.49. The lowest BCUT2D eigenvalue weighted by atomic mass is 10.00. The Morgan fingerprint density at radius 1 is 1.30 bits per heavy atom. The van der Waals surface area contributed by atoms with Crippen molar-refractivity contribution in [2.75, 3.05) is 39.3 Å². The van der Waals surface area contributed by atoms with Crippen LogP contribution in [0.3, 0.4) is 0 Å². The summed E-state index contributed by atoms with van der Waals surface area (Å²) >= 11 is 0. The van der Waals surface area contributed by atoms with Gasteiger partial charge in [-0.3, -0.25) is 0 Å². The first-order chi connectivity index (χ1) is 9.54. The van der Waals surface area contributed by atoms with Crippen LogP contribution in [0.25, 0.3) is 0 Å². The van der Waals surface area contributed by atoms with Gasteiger partial charge >= 0.3 is 0 Å². The summed E-state index contributed by atoms with van der Waals surface area (Å²) in [7, 11) is -3.27. The van der Waals surface area contributed by atoms with Gasteiger partial charge in [0.1, 0.15) is 0 Å². The van der Waals surface area contributed by atoms with E-state index in [-0.39, 0.29) is 0 Å². The maximum atomic E-state index is 12.8. The minimum Gasteiger partial charge on any atom is -0.316 e. The van der Waals surface area contributed by atoms with Gasteiger partial charge in [-0.15, -0.1) is 0 Å². The van der Waals surface area contributed by atoms with Crippen molar-refractivity contribution in [2.45, 2.75) is 39.5 Å². The molecule has 20 heavy (non-hydrogen) atoms. The average molecular weight is 303 g/mol. The second-order valence-corrected chi connectivity index (χ2v) is 8.20. The van der Waals surface area contributed by atoms with Crippen molar-refractivity contribution in [3.63, 3.8) is 0 Å². The van der Waals surface area contributed by atoms with Crippen LogP contribution in [0.2, 0.25) is 0 Å². The maximum absolute atomic E-state index is 12.8. The normalized spacial score (nSPS) is 29.8. The van der Waals surface area contributed by atoms with Crippen molar-refractivity contribution in [1.29, 1.82) is 0 Å². The summed E-state index contributed by atoms with van der Waals surface area (Å²) in [6.45, 7) is 8.71. The fraction of sp³-hybridized carbons (Fsp3) is 1.00. The molecule has 2 aliphatic heterocycles. The molecule has 0 radical (unpaired) electrons. The fourth-order valence-electron chi connectivity index (χ4n) is 3.27. The molecule has 5 nitrogen and oxygen atoms in total. The molecule has 2 fully saturated rings. The molecule has 0 aliphatic carbocycles. The van der Waals surface area contributed by atoms with Crippen LogP contribution in [0.4, 0.5) is 0 Å². The standard InChI is InChI=1S/C14H29N3O2S/c1-3-16(12-14-7-4-8-15-10-14)20(18,19)17-9-5-6-13(2)11-17/h13-15H,3-12H2,1-2H3. The van der Waals surface area contributed by atoms with Crippen LogP contribution in [-0.4, -0.2) is 56.3 Å². The van der Waals surface area contributed by atoms with Crippen molar-refractivity contribution in [3.8, 4) is 0 Å². The molecule has 0 amide bonds. The molecule has 0 saturated carbocycles. The molecule has 0 aromatic rings. The second kappa shape index (κ2) is 7.20. The third kappa shape index (κ3) is 3.93. The molecule has 0 aromatic heterocycles. The van der Waals surface area contributed by atoms with Gasteiger partial charge in [0.2, 0.25) is 0 Å². The molecule has 2 rings (SSSR count). The summed E-state index contributed by atoms with van der Waals surface area (Å²) in [6.07, 6.45) is 4.42. The van der Waals surface area contributed by atoms with E-state index in [1.807, 2.05) is 6.92 Å². The lowest BCUT2D eigenvalue weighted by Gasteiger charge is -2.36. The zero-order valence-corrected chi connectivity index (χ0v) is 13.7. The zero-order valence-electron chi connectivity index (χ0n) is 12.8. The minimum absolute atomic E-state index is 0.459. The molecule has 0 spiro atoms. The Morgan fingerprint density at radius 2 is 2.10 bits per heavy atom. The van der Waals surface area contributed by atoms with Gasteiger partial charge in [-0.2, -0.15) is 17.0 Å². The van der Waals surface area contributed by atoms with Gasteiger partial charge in [-0.05, 0) is 50.6 Å². The van der Waals surface area contributed by atoms with Crippen LogP contribution >= 0.6 is 0 Å². The SMILES string of the molecule is CCN(CC1CCCNC1)S(=O)(=O)N1CCCC(C)C1. The van der Waals surface area contributed by atoms with E-state index >= 15 is 0 Å². The number of piperidine rings is 2. The fourth-order valence-corrected chi connectivity index (χ4v) is 5.13. The smallest absolute Gasteiger partial charge is 0.281 e. The highest BCUT2D eigenvalue weighted by atomic mass is 32.2. The van der Waals surface area contributed by atoms with Crippen LogP contribution in [-0.2, 0) is 10.2 Å². The molecule has 118 valence electrons. The van der Waals surface area contributed by atoms with E-state index in [0.29, 0.717) is 38.0 Å². The van der Waals surface area contributed by atoms with Gasteiger partial charge in [0.05, 0.1) is 0 Å². The Balaban J connectivity index is 2.00. The van der Waals surface area contributed by atoms with Gasteiger partial charge < -0.3 is 5.32 Å². The van der Waals surface area contributed by atoms with Crippen LogP contribution < -0.4 is 5.32 Å². The number of hydrogen-bond donors (Lipinski definition) is 1. The quantitative estimate of drug-likeness (QED) is 0.832. The summed E-state index contributed by atoms with van der Waals surface area (Å²) in [5, 5.41) is 3.37. The van der Waals surface area contributed by atoms with Crippen molar-refractivity contribution < 1.29 is 8.42 Å². The molecule has 2 saturated heterocycles. The van der Waals surface area contributed by atoms with Crippen molar-refractivity contribution >= 4 is 10.2 Å². The first-order valence-corrected chi connectivity index (χ1v) is 9.39. The molecule has 1 N–H and O–H groups in total. The summed E-state index contributed by atoms with van der Waals surface area (Å²) in [6, 6.07) is 0. The molecule has 2 aliphatic rings. The van der Waals surface area contributed by atoms with E-state index in [4.69, 9.17) is 0 Å². The Labute approximate surface area is 123 Å². The lowest BCUT2D eigenvalue weighted by Crippen LogP contribution is -2.50. The number of nitrogens with one attached hydrogen (secondary N) is 1. The van der Waals surface area contributed by atoms with Crippen molar-refractivity contribution in [3.05, 3.63) is 0 Å². The second-order valence-electron chi connectivity index (χ2n) is 6.28.